The number of amides is 1. The molecule has 3 rings (SSSR count). The Morgan fingerprint density at radius 3 is 2.29 bits per heavy atom. The van der Waals surface area contributed by atoms with E-state index in [0.717, 1.165) is 28.5 Å². The van der Waals surface area contributed by atoms with Crippen LogP contribution in [0.25, 0.3) is 0 Å². The number of rotatable bonds is 6. The number of nitro groups is 1. The molecule has 0 unspecified atom stereocenters. The molecule has 0 saturated carbocycles. The van der Waals surface area contributed by atoms with E-state index >= 15 is 0 Å². The highest BCUT2D eigenvalue weighted by atomic mass is 19.4. The smallest absolute Gasteiger partial charge is 0.406 e. The number of nitrogens with zero attached hydrogens (tertiary/aromatic N) is 4. The Labute approximate surface area is 174 Å². The van der Waals surface area contributed by atoms with E-state index in [-0.39, 0.29) is 23.9 Å². The molecule has 0 spiro atoms. The van der Waals surface area contributed by atoms with Crippen molar-refractivity contribution in [2.45, 2.75) is 19.5 Å². The fourth-order valence-electron chi connectivity index (χ4n) is 3.21. The molecule has 0 N–H and O–H groups in total. The van der Waals surface area contributed by atoms with Crippen molar-refractivity contribution in [1.82, 2.24) is 14.4 Å². The summed E-state index contributed by atoms with van der Waals surface area (Å²) in [4.78, 5) is 38.2. The molecule has 1 aliphatic rings. The summed E-state index contributed by atoms with van der Waals surface area (Å²) >= 11 is 0. The van der Waals surface area contributed by atoms with Crippen molar-refractivity contribution >= 4 is 11.6 Å². The number of hydrogen-bond acceptors (Lipinski definition) is 6. The second-order valence-electron chi connectivity index (χ2n) is 6.96. The van der Waals surface area contributed by atoms with Crippen LogP contribution in [-0.4, -0.2) is 57.7 Å². The van der Waals surface area contributed by atoms with Crippen molar-refractivity contribution in [2.75, 3.05) is 26.2 Å². The Morgan fingerprint density at radius 1 is 1.06 bits per heavy atom. The van der Waals surface area contributed by atoms with Crippen molar-refractivity contribution in [3.8, 4) is 5.75 Å². The van der Waals surface area contributed by atoms with Gasteiger partial charge in [-0.3, -0.25) is 29.2 Å². The molecule has 1 saturated heterocycles. The lowest BCUT2D eigenvalue weighted by molar-refractivity contribution is -0.385. The lowest BCUT2D eigenvalue weighted by atomic mass is 10.2. The van der Waals surface area contributed by atoms with Crippen molar-refractivity contribution in [3.63, 3.8) is 0 Å². The highest BCUT2D eigenvalue weighted by molar-refractivity contribution is 5.76. The molecule has 1 aliphatic heterocycles. The molecular weight excluding hydrogens is 421 g/mol. The number of ether oxygens (including phenoxy) is 1. The zero-order valence-corrected chi connectivity index (χ0v) is 16.2. The van der Waals surface area contributed by atoms with Gasteiger partial charge in [0.15, 0.2) is 0 Å². The van der Waals surface area contributed by atoms with Crippen LogP contribution in [0.1, 0.15) is 5.56 Å². The van der Waals surface area contributed by atoms with E-state index in [9.17, 15) is 32.9 Å². The Kier molecular flexibility index (Phi) is 6.59. The molecule has 1 aromatic heterocycles. The van der Waals surface area contributed by atoms with Crippen LogP contribution in [0.5, 0.6) is 5.75 Å². The minimum absolute atomic E-state index is 0.274. The van der Waals surface area contributed by atoms with Crippen molar-refractivity contribution in [2.24, 2.45) is 0 Å². The fraction of sp³-hybridized carbons (Fsp3) is 0.368. The molecule has 9 nitrogen and oxygen atoms in total. The molecular formula is C19H19F3N4O5. The zero-order valence-electron chi connectivity index (χ0n) is 16.2. The number of carbonyl (C=O) groups excluding carboxylic acids is 1. The first-order valence-corrected chi connectivity index (χ1v) is 9.30. The number of hydrogen-bond donors (Lipinski definition) is 0. The number of pyridine rings is 1. The highest BCUT2D eigenvalue weighted by Gasteiger charge is 2.31. The molecule has 1 aromatic carbocycles. The van der Waals surface area contributed by atoms with Gasteiger partial charge in [-0.15, -0.1) is 13.2 Å². The average molecular weight is 440 g/mol. The summed E-state index contributed by atoms with van der Waals surface area (Å²) in [7, 11) is 0. The number of benzene rings is 1. The number of halogens is 3. The lowest BCUT2D eigenvalue weighted by Crippen LogP contribution is -2.49. The minimum atomic E-state index is -4.74. The summed E-state index contributed by atoms with van der Waals surface area (Å²) in [6.07, 6.45) is -3.69. The van der Waals surface area contributed by atoms with Crippen LogP contribution in [0, 0.1) is 10.1 Å². The van der Waals surface area contributed by atoms with Gasteiger partial charge in [0.05, 0.1) is 11.1 Å². The number of piperazine rings is 1. The molecule has 1 fully saturated rings. The summed E-state index contributed by atoms with van der Waals surface area (Å²) in [5.74, 6) is -0.612. The second kappa shape index (κ2) is 9.16. The lowest BCUT2D eigenvalue weighted by Gasteiger charge is -2.34. The SMILES string of the molecule is O=C(Cn1cc([N+](=O)[O-])ccc1=O)N1CCN(Cc2ccc(OC(F)(F)F)cc2)CC1. The van der Waals surface area contributed by atoms with Crippen molar-refractivity contribution in [1.29, 1.82) is 0 Å². The number of aromatic nitrogens is 1. The van der Waals surface area contributed by atoms with Crippen molar-refractivity contribution < 1.29 is 27.6 Å². The van der Waals surface area contributed by atoms with Crippen LogP contribution in [0.15, 0.2) is 47.4 Å². The monoisotopic (exact) mass is 440 g/mol. The largest absolute Gasteiger partial charge is 0.573 e. The third-order valence-electron chi connectivity index (χ3n) is 4.77. The van der Waals surface area contributed by atoms with Gasteiger partial charge in [-0.1, -0.05) is 12.1 Å². The summed E-state index contributed by atoms with van der Waals surface area (Å²) in [5, 5.41) is 10.9. The molecule has 12 heteroatoms. The van der Waals surface area contributed by atoms with Crippen LogP contribution < -0.4 is 10.3 Å². The summed E-state index contributed by atoms with van der Waals surface area (Å²) in [6.45, 7) is 2.09. The number of alkyl halides is 3. The molecule has 166 valence electrons. The first kappa shape index (κ1) is 22.3. The Morgan fingerprint density at radius 2 is 1.71 bits per heavy atom. The van der Waals surface area contributed by atoms with Gasteiger partial charge in [0, 0.05) is 44.9 Å². The molecule has 31 heavy (non-hydrogen) atoms. The molecule has 2 aromatic rings. The third kappa shape index (κ3) is 6.28. The topological polar surface area (TPSA) is 97.9 Å². The van der Waals surface area contributed by atoms with Gasteiger partial charge < -0.3 is 9.64 Å². The van der Waals surface area contributed by atoms with Crippen LogP contribution in [0.4, 0.5) is 18.9 Å². The standard InChI is InChI=1S/C19H19F3N4O5/c20-19(21,22)31-16-4-1-14(2-5-16)11-23-7-9-24(10-8-23)18(28)13-25-12-15(26(29)30)3-6-17(25)27/h1-6,12H,7-11,13H2. The van der Waals surface area contributed by atoms with Gasteiger partial charge in [0.2, 0.25) is 5.91 Å². The third-order valence-corrected chi connectivity index (χ3v) is 4.77. The molecule has 0 atom stereocenters. The normalized spacial score (nSPS) is 15.0. The first-order chi connectivity index (χ1) is 14.6. The van der Waals surface area contributed by atoms with Gasteiger partial charge in [-0.05, 0) is 17.7 Å². The average Bonchev–Trinajstić information content (AvgIpc) is 2.70. The maximum atomic E-state index is 12.5. The highest BCUT2D eigenvalue weighted by Crippen LogP contribution is 2.23. The molecule has 0 bridgehead atoms. The Bertz CT molecular complexity index is 999. The predicted molar refractivity (Wildman–Crippen MR) is 102 cm³/mol. The van der Waals surface area contributed by atoms with E-state index in [0.29, 0.717) is 32.7 Å². The van der Waals surface area contributed by atoms with E-state index in [1.165, 1.54) is 12.1 Å². The quantitative estimate of drug-likeness (QED) is 0.504. The zero-order chi connectivity index (χ0) is 22.6. The molecule has 1 amide bonds. The number of carbonyl (C=O) groups is 1. The van der Waals surface area contributed by atoms with E-state index in [2.05, 4.69) is 4.74 Å². The second-order valence-corrected chi connectivity index (χ2v) is 6.96. The van der Waals surface area contributed by atoms with E-state index in [4.69, 9.17) is 0 Å². The van der Waals surface area contributed by atoms with Gasteiger partial charge in [0.1, 0.15) is 12.3 Å². The molecule has 2 heterocycles. The maximum Gasteiger partial charge on any atom is 0.573 e. The van der Waals surface area contributed by atoms with E-state index in [1.807, 2.05) is 4.90 Å². The predicted octanol–water partition coefficient (Wildman–Crippen LogP) is 2.00. The van der Waals surface area contributed by atoms with E-state index in [1.54, 1.807) is 17.0 Å². The van der Waals surface area contributed by atoms with Gasteiger partial charge in [-0.25, -0.2) is 0 Å². The first-order valence-electron chi connectivity index (χ1n) is 9.30. The molecule has 0 radical (unpaired) electrons. The maximum absolute atomic E-state index is 12.5. The summed E-state index contributed by atoms with van der Waals surface area (Å²) in [6, 6.07) is 7.73. The molecule has 0 aliphatic carbocycles. The van der Waals surface area contributed by atoms with Crippen LogP contribution in [0.3, 0.4) is 0 Å². The van der Waals surface area contributed by atoms with Gasteiger partial charge in [0.25, 0.3) is 11.2 Å². The Hall–Kier alpha value is -3.41. The Balaban J connectivity index is 1.51. The van der Waals surface area contributed by atoms with Crippen LogP contribution in [-0.2, 0) is 17.9 Å². The van der Waals surface area contributed by atoms with Crippen molar-refractivity contribution in [3.05, 3.63) is 68.6 Å². The van der Waals surface area contributed by atoms with Gasteiger partial charge in [-0.2, -0.15) is 0 Å². The fourth-order valence-corrected chi connectivity index (χ4v) is 3.21. The van der Waals surface area contributed by atoms with E-state index < -0.39 is 16.8 Å². The summed E-state index contributed by atoms with van der Waals surface area (Å²) < 4.78 is 41.5. The minimum Gasteiger partial charge on any atom is -0.406 e. The van der Waals surface area contributed by atoms with Crippen LogP contribution >= 0.6 is 0 Å². The summed E-state index contributed by atoms with van der Waals surface area (Å²) in [5.41, 5.74) is 0.0249. The van der Waals surface area contributed by atoms with Gasteiger partial charge >= 0.3 is 6.36 Å². The van der Waals surface area contributed by atoms with Crippen LogP contribution in [0.2, 0.25) is 0 Å².